The van der Waals surface area contributed by atoms with Crippen LogP contribution in [0.4, 0.5) is 10.5 Å². The molecular weight excluding hydrogens is 324 g/mol. The third-order valence-electron chi connectivity index (χ3n) is 4.73. The summed E-state index contributed by atoms with van der Waals surface area (Å²) in [6.07, 6.45) is 1.25. The fourth-order valence-electron chi connectivity index (χ4n) is 3.52. The van der Waals surface area contributed by atoms with Crippen molar-refractivity contribution < 1.29 is 13.2 Å². The molecule has 1 unspecified atom stereocenters. The van der Waals surface area contributed by atoms with Crippen LogP contribution >= 0.6 is 0 Å². The number of anilines is 1. The van der Waals surface area contributed by atoms with Gasteiger partial charge in [0.15, 0.2) is 9.84 Å². The predicted molar refractivity (Wildman–Crippen MR) is 91.9 cm³/mol. The third kappa shape index (κ3) is 2.47. The van der Waals surface area contributed by atoms with E-state index in [2.05, 4.69) is 5.32 Å². The second kappa shape index (κ2) is 5.63. The number of hydrogen-bond donors (Lipinski definition) is 1. The molecule has 0 aliphatic carbocycles. The summed E-state index contributed by atoms with van der Waals surface area (Å²) in [5.41, 5.74) is 2.79. The summed E-state index contributed by atoms with van der Waals surface area (Å²) in [4.78, 5) is 14.8. The molecule has 0 radical (unpaired) electrons. The number of nitrogens with one attached hydrogen (secondary N) is 1. The largest absolute Gasteiger partial charge is 0.331 e. The van der Waals surface area contributed by atoms with E-state index >= 15 is 0 Å². The summed E-state index contributed by atoms with van der Waals surface area (Å²) >= 11 is 0. The summed E-state index contributed by atoms with van der Waals surface area (Å²) in [6.45, 7) is 0.651. The minimum absolute atomic E-state index is 0.0611. The van der Waals surface area contributed by atoms with E-state index in [1.807, 2.05) is 30.3 Å². The number of para-hydroxylation sites is 1. The lowest BCUT2D eigenvalue weighted by molar-refractivity contribution is 0.242. The van der Waals surface area contributed by atoms with E-state index in [1.54, 1.807) is 23.1 Å². The van der Waals surface area contributed by atoms with Crippen LogP contribution in [-0.4, -0.2) is 26.7 Å². The van der Waals surface area contributed by atoms with Crippen molar-refractivity contribution in [3.63, 3.8) is 0 Å². The van der Waals surface area contributed by atoms with Crippen LogP contribution in [0.2, 0.25) is 0 Å². The topological polar surface area (TPSA) is 66.5 Å². The predicted octanol–water partition coefficient (Wildman–Crippen LogP) is 2.68. The Morgan fingerprint density at radius 1 is 1.08 bits per heavy atom. The molecule has 2 aliphatic heterocycles. The number of hydrogen-bond acceptors (Lipinski definition) is 3. The van der Waals surface area contributed by atoms with Crippen molar-refractivity contribution in [3.05, 3.63) is 59.7 Å². The fourth-order valence-corrected chi connectivity index (χ4v) is 5.14. The minimum Gasteiger partial charge on any atom is -0.331 e. The van der Waals surface area contributed by atoms with E-state index in [9.17, 15) is 13.2 Å². The van der Waals surface area contributed by atoms with E-state index in [0.717, 1.165) is 12.1 Å². The normalized spacial score (nSPS) is 21.0. The molecule has 0 bridgehead atoms. The summed E-state index contributed by atoms with van der Waals surface area (Å²) in [7, 11) is -3.24. The highest BCUT2D eigenvalue weighted by Gasteiger charge is 2.32. The number of amides is 2. The number of urea groups is 1. The van der Waals surface area contributed by atoms with E-state index in [1.165, 1.54) is 5.56 Å². The maximum absolute atomic E-state index is 12.7. The molecule has 2 aromatic rings. The first-order chi connectivity index (χ1) is 11.6. The van der Waals surface area contributed by atoms with Crippen molar-refractivity contribution in [2.75, 3.05) is 17.2 Å². The molecular formula is C18H18N2O3S. The van der Waals surface area contributed by atoms with Crippen LogP contribution in [0.15, 0.2) is 53.4 Å². The molecule has 1 N–H and O–H groups in total. The van der Waals surface area contributed by atoms with Gasteiger partial charge in [-0.05, 0) is 36.1 Å². The monoisotopic (exact) mass is 342 g/mol. The Labute approximate surface area is 141 Å². The van der Waals surface area contributed by atoms with Crippen LogP contribution < -0.4 is 10.2 Å². The third-order valence-corrected chi connectivity index (χ3v) is 6.55. The summed E-state index contributed by atoms with van der Waals surface area (Å²) in [5, 5.41) is 3.02. The van der Waals surface area contributed by atoms with Gasteiger partial charge in [0.25, 0.3) is 0 Å². The average Bonchev–Trinajstić information content (AvgIpc) is 3.02. The zero-order valence-electron chi connectivity index (χ0n) is 13.1. The van der Waals surface area contributed by atoms with Crippen molar-refractivity contribution in [2.24, 2.45) is 0 Å². The SMILES string of the molecule is O=C(NC1CCS(=O)(=O)c2ccccc21)N1CCc2ccccc21. The molecule has 0 saturated heterocycles. The highest BCUT2D eigenvalue weighted by atomic mass is 32.2. The van der Waals surface area contributed by atoms with Crippen LogP contribution in [0.5, 0.6) is 0 Å². The van der Waals surface area contributed by atoms with Gasteiger partial charge in [-0.3, -0.25) is 4.90 Å². The van der Waals surface area contributed by atoms with Gasteiger partial charge in [-0.1, -0.05) is 36.4 Å². The Hall–Kier alpha value is -2.34. The zero-order valence-corrected chi connectivity index (χ0v) is 13.9. The van der Waals surface area contributed by atoms with Crippen molar-refractivity contribution in [3.8, 4) is 0 Å². The van der Waals surface area contributed by atoms with E-state index in [-0.39, 0.29) is 17.8 Å². The van der Waals surface area contributed by atoms with Crippen LogP contribution in [0.1, 0.15) is 23.6 Å². The molecule has 124 valence electrons. The maximum Gasteiger partial charge on any atom is 0.322 e. The Morgan fingerprint density at radius 2 is 1.83 bits per heavy atom. The first kappa shape index (κ1) is 15.2. The second-order valence-corrected chi connectivity index (χ2v) is 8.26. The highest BCUT2D eigenvalue weighted by molar-refractivity contribution is 7.91. The van der Waals surface area contributed by atoms with Crippen molar-refractivity contribution in [2.45, 2.75) is 23.8 Å². The van der Waals surface area contributed by atoms with Gasteiger partial charge in [-0.15, -0.1) is 0 Å². The van der Waals surface area contributed by atoms with Crippen molar-refractivity contribution in [1.29, 1.82) is 0 Å². The molecule has 6 heteroatoms. The van der Waals surface area contributed by atoms with Crippen molar-refractivity contribution >= 4 is 21.6 Å². The van der Waals surface area contributed by atoms with Crippen LogP contribution in [0.25, 0.3) is 0 Å². The number of sulfone groups is 1. The Balaban J connectivity index is 1.60. The van der Waals surface area contributed by atoms with Crippen LogP contribution in [-0.2, 0) is 16.3 Å². The number of rotatable bonds is 1. The van der Waals surface area contributed by atoms with Gasteiger partial charge < -0.3 is 5.32 Å². The minimum atomic E-state index is -3.24. The highest BCUT2D eigenvalue weighted by Crippen LogP contribution is 2.33. The van der Waals surface area contributed by atoms with E-state index < -0.39 is 9.84 Å². The lowest BCUT2D eigenvalue weighted by Gasteiger charge is -2.28. The van der Waals surface area contributed by atoms with Gasteiger partial charge in [0.1, 0.15) is 0 Å². The number of fused-ring (bicyclic) bond motifs is 2. The standard InChI is InChI=1S/C18H18N2O3S/c21-18(20-11-9-13-5-1-3-7-16(13)20)19-15-10-12-24(22,23)17-8-4-2-6-14(15)17/h1-8,15H,9-12H2,(H,19,21). The molecule has 5 nitrogen and oxygen atoms in total. The van der Waals surface area contributed by atoms with Crippen molar-refractivity contribution in [1.82, 2.24) is 5.32 Å². The number of carbonyl (C=O) groups is 1. The number of carbonyl (C=O) groups excluding carboxylic acids is 1. The number of benzene rings is 2. The molecule has 2 heterocycles. The lowest BCUT2D eigenvalue weighted by atomic mass is 10.0. The first-order valence-corrected chi connectivity index (χ1v) is 9.69. The van der Waals surface area contributed by atoms with Gasteiger partial charge in [0.2, 0.25) is 0 Å². The van der Waals surface area contributed by atoms with Gasteiger partial charge >= 0.3 is 6.03 Å². The molecule has 2 aliphatic rings. The van der Waals surface area contributed by atoms with E-state index in [4.69, 9.17) is 0 Å². The maximum atomic E-state index is 12.7. The fraction of sp³-hybridized carbons (Fsp3) is 0.278. The molecule has 0 aromatic heterocycles. The first-order valence-electron chi connectivity index (χ1n) is 8.04. The van der Waals surface area contributed by atoms with Gasteiger partial charge in [-0.2, -0.15) is 0 Å². The second-order valence-electron chi connectivity index (χ2n) is 6.18. The summed E-state index contributed by atoms with van der Waals surface area (Å²) in [5.74, 6) is 0.0611. The van der Waals surface area contributed by atoms with Crippen LogP contribution in [0.3, 0.4) is 0 Å². The van der Waals surface area contributed by atoms with Crippen LogP contribution in [0, 0.1) is 0 Å². The van der Waals surface area contributed by atoms with Gasteiger partial charge in [0.05, 0.1) is 16.7 Å². The molecule has 0 saturated carbocycles. The Morgan fingerprint density at radius 3 is 2.71 bits per heavy atom. The number of nitrogens with zero attached hydrogens (tertiary/aromatic N) is 1. The quantitative estimate of drug-likeness (QED) is 0.866. The summed E-state index contributed by atoms with van der Waals surface area (Å²) in [6, 6.07) is 14.4. The van der Waals surface area contributed by atoms with Gasteiger partial charge in [0, 0.05) is 12.2 Å². The molecule has 4 rings (SSSR count). The molecule has 2 amide bonds. The van der Waals surface area contributed by atoms with Gasteiger partial charge in [-0.25, -0.2) is 13.2 Å². The molecule has 0 fully saturated rings. The Kier molecular flexibility index (Phi) is 3.57. The average molecular weight is 342 g/mol. The zero-order chi connectivity index (χ0) is 16.7. The Bertz CT molecular complexity index is 908. The summed E-state index contributed by atoms with van der Waals surface area (Å²) < 4.78 is 24.4. The molecule has 2 aromatic carbocycles. The van der Waals surface area contributed by atoms with E-state index in [0.29, 0.717) is 23.4 Å². The molecule has 0 spiro atoms. The molecule has 24 heavy (non-hydrogen) atoms. The molecule has 1 atom stereocenters. The smallest absolute Gasteiger partial charge is 0.322 e. The lowest BCUT2D eigenvalue weighted by Crippen LogP contribution is -2.42.